The molecule has 2 aliphatic rings. The largest absolute Gasteiger partial charge is 0.488 e. The van der Waals surface area contributed by atoms with Gasteiger partial charge in [0.25, 0.3) is 5.91 Å². The molecule has 0 radical (unpaired) electrons. The number of rotatable bonds is 4. The van der Waals surface area contributed by atoms with Crippen molar-refractivity contribution < 1.29 is 14.6 Å². The molecule has 1 N–H and O–H groups in total. The zero-order valence-corrected chi connectivity index (χ0v) is 17.1. The van der Waals surface area contributed by atoms with E-state index in [0.29, 0.717) is 24.5 Å². The van der Waals surface area contributed by atoms with Crippen molar-refractivity contribution in [1.82, 2.24) is 9.80 Å². The molecule has 2 atom stereocenters. The zero-order chi connectivity index (χ0) is 20.3. The standard InChI is InChI=1S/C24H30N2O3/c1-25-15-12-22(27)24(17-25)13-7-14-26(18-24)23(28)20-10-5-6-11-21(20)29-16-19-8-3-2-4-9-19/h2-6,8-11,22,27H,7,12-18H2,1H3/t22-,24-/m0/s1. The fourth-order valence-electron chi connectivity index (χ4n) is 4.78. The number of nitrogens with zero attached hydrogens (tertiary/aromatic N) is 2. The van der Waals surface area contributed by atoms with Gasteiger partial charge in [-0.25, -0.2) is 0 Å². The number of ether oxygens (including phenoxy) is 1. The number of aliphatic hydroxyl groups is 1. The summed E-state index contributed by atoms with van der Waals surface area (Å²) >= 11 is 0. The molecule has 0 saturated carbocycles. The number of hydrogen-bond acceptors (Lipinski definition) is 4. The Morgan fingerprint density at radius 1 is 1.10 bits per heavy atom. The van der Waals surface area contributed by atoms with Crippen molar-refractivity contribution >= 4 is 5.91 Å². The number of amides is 1. The van der Waals surface area contributed by atoms with Crippen LogP contribution in [0.5, 0.6) is 5.75 Å². The first-order valence-electron chi connectivity index (χ1n) is 10.5. The number of aliphatic hydroxyl groups excluding tert-OH is 1. The summed E-state index contributed by atoms with van der Waals surface area (Å²) < 4.78 is 6.01. The molecule has 5 heteroatoms. The Bertz CT molecular complexity index is 841. The molecule has 2 aliphatic heterocycles. The summed E-state index contributed by atoms with van der Waals surface area (Å²) in [5.74, 6) is 0.607. The van der Waals surface area contributed by atoms with Gasteiger partial charge in [-0.05, 0) is 44.0 Å². The van der Waals surface area contributed by atoms with Crippen molar-refractivity contribution in [1.29, 1.82) is 0 Å². The van der Waals surface area contributed by atoms with E-state index in [0.717, 1.165) is 44.5 Å². The van der Waals surface area contributed by atoms with Gasteiger partial charge < -0.3 is 19.6 Å². The van der Waals surface area contributed by atoms with Crippen molar-refractivity contribution in [2.45, 2.75) is 32.0 Å². The van der Waals surface area contributed by atoms with E-state index in [2.05, 4.69) is 11.9 Å². The Labute approximate surface area is 172 Å². The van der Waals surface area contributed by atoms with Crippen LogP contribution in [-0.2, 0) is 6.61 Å². The quantitative estimate of drug-likeness (QED) is 0.865. The third-order valence-electron chi connectivity index (χ3n) is 6.33. The molecule has 0 bridgehead atoms. The third-order valence-corrected chi connectivity index (χ3v) is 6.33. The number of benzene rings is 2. The average molecular weight is 395 g/mol. The predicted molar refractivity (Wildman–Crippen MR) is 113 cm³/mol. The summed E-state index contributed by atoms with van der Waals surface area (Å²) in [5, 5.41) is 10.7. The molecule has 4 rings (SSSR count). The number of likely N-dealkylation sites (tertiary alicyclic amines) is 2. The topological polar surface area (TPSA) is 53.0 Å². The van der Waals surface area contributed by atoms with Crippen molar-refractivity contribution in [3.8, 4) is 5.75 Å². The van der Waals surface area contributed by atoms with Crippen molar-refractivity contribution in [3.63, 3.8) is 0 Å². The molecule has 2 aromatic rings. The fourth-order valence-corrected chi connectivity index (χ4v) is 4.78. The minimum atomic E-state index is -0.348. The second-order valence-electron chi connectivity index (χ2n) is 8.51. The SMILES string of the molecule is CN1CC[C@H](O)[C@@]2(CCCN(C(=O)c3ccccc3OCc3ccccc3)C2)C1. The summed E-state index contributed by atoms with van der Waals surface area (Å²) in [6.45, 7) is 3.50. The van der Waals surface area contributed by atoms with Crippen LogP contribution in [0.4, 0.5) is 0 Å². The molecule has 5 nitrogen and oxygen atoms in total. The normalized spacial score (nSPS) is 25.2. The van der Waals surface area contributed by atoms with Crippen LogP contribution in [0.1, 0.15) is 35.2 Å². The van der Waals surface area contributed by atoms with E-state index in [-0.39, 0.29) is 17.4 Å². The summed E-state index contributed by atoms with van der Waals surface area (Å²) in [6.07, 6.45) is 2.31. The first-order valence-corrected chi connectivity index (χ1v) is 10.5. The maximum atomic E-state index is 13.4. The monoisotopic (exact) mass is 394 g/mol. The lowest BCUT2D eigenvalue weighted by Gasteiger charge is -2.50. The average Bonchev–Trinajstić information content (AvgIpc) is 2.76. The second kappa shape index (κ2) is 8.56. The first kappa shape index (κ1) is 19.9. The van der Waals surface area contributed by atoms with Crippen LogP contribution in [0.2, 0.25) is 0 Å². The van der Waals surface area contributed by atoms with Gasteiger partial charge in [-0.3, -0.25) is 4.79 Å². The maximum absolute atomic E-state index is 13.4. The van der Waals surface area contributed by atoms with Crippen LogP contribution in [0, 0.1) is 5.41 Å². The molecule has 0 unspecified atom stereocenters. The maximum Gasteiger partial charge on any atom is 0.257 e. The van der Waals surface area contributed by atoms with E-state index in [1.165, 1.54) is 0 Å². The van der Waals surface area contributed by atoms with Gasteiger partial charge in [0.05, 0.1) is 11.7 Å². The number of carbonyl (C=O) groups is 1. The van der Waals surface area contributed by atoms with Crippen LogP contribution in [0.25, 0.3) is 0 Å². The van der Waals surface area contributed by atoms with E-state index in [1.54, 1.807) is 0 Å². The second-order valence-corrected chi connectivity index (χ2v) is 8.51. The molecular formula is C24H30N2O3. The molecule has 2 aromatic carbocycles. The number of carbonyl (C=O) groups excluding carboxylic acids is 1. The number of hydrogen-bond donors (Lipinski definition) is 1. The van der Waals surface area contributed by atoms with Crippen molar-refractivity contribution in [2.75, 3.05) is 33.2 Å². The molecule has 0 aromatic heterocycles. The Hall–Kier alpha value is -2.37. The van der Waals surface area contributed by atoms with E-state index in [9.17, 15) is 9.90 Å². The summed E-state index contributed by atoms with van der Waals surface area (Å²) in [6, 6.07) is 17.4. The highest BCUT2D eigenvalue weighted by molar-refractivity contribution is 5.97. The van der Waals surface area contributed by atoms with Gasteiger partial charge in [0, 0.05) is 31.6 Å². The molecule has 1 spiro atoms. The number of piperidine rings is 2. The van der Waals surface area contributed by atoms with Gasteiger partial charge in [-0.2, -0.15) is 0 Å². The lowest BCUT2D eigenvalue weighted by molar-refractivity contribution is -0.0731. The lowest BCUT2D eigenvalue weighted by Crippen LogP contribution is -2.59. The number of para-hydroxylation sites is 1. The van der Waals surface area contributed by atoms with E-state index in [1.807, 2.05) is 59.5 Å². The van der Waals surface area contributed by atoms with Crippen LogP contribution in [-0.4, -0.2) is 60.1 Å². The molecule has 1 amide bonds. The van der Waals surface area contributed by atoms with Gasteiger partial charge in [0.15, 0.2) is 0 Å². The van der Waals surface area contributed by atoms with Gasteiger partial charge in [-0.15, -0.1) is 0 Å². The van der Waals surface area contributed by atoms with Gasteiger partial charge in [-0.1, -0.05) is 42.5 Å². The molecule has 2 fully saturated rings. The first-order chi connectivity index (χ1) is 14.1. The molecule has 2 heterocycles. The Balaban J connectivity index is 1.50. The van der Waals surface area contributed by atoms with Crippen LogP contribution < -0.4 is 4.74 Å². The van der Waals surface area contributed by atoms with Crippen molar-refractivity contribution in [3.05, 3.63) is 65.7 Å². The zero-order valence-electron chi connectivity index (χ0n) is 17.1. The predicted octanol–water partition coefficient (Wildman–Crippen LogP) is 3.18. The summed E-state index contributed by atoms with van der Waals surface area (Å²) in [5.41, 5.74) is 1.44. The molecule has 2 saturated heterocycles. The minimum absolute atomic E-state index is 0.00633. The van der Waals surface area contributed by atoms with E-state index < -0.39 is 0 Å². The minimum Gasteiger partial charge on any atom is -0.488 e. The highest BCUT2D eigenvalue weighted by Gasteiger charge is 2.45. The van der Waals surface area contributed by atoms with Gasteiger partial charge in [0.1, 0.15) is 12.4 Å². The Kier molecular flexibility index (Phi) is 5.88. The van der Waals surface area contributed by atoms with Crippen LogP contribution >= 0.6 is 0 Å². The van der Waals surface area contributed by atoms with Crippen molar-refractivity contribution in [2.24, 2.45) is 5.41 Å². The van der Waals surface area contributed by atoms with Gasteiger partial charge in [0.2, 0.25) is 0 Å². The van der Waals surface area contributed by atoms with Crippen LogP contribution in [0.3, 0.4) is 0 Å². The highest BCUT2D eigenvalue weighted by Crippen LogP contribution is 2.39. The Morgan fingerprint density at radius 2 is 1.86 bits per heavy atom. The molecule has 29 heavy (non-hydrogen) atoms. The summed E-state index contributed by atoms with van der Waals surface area (Å²) in [4.78, 5) is 17.6. The molecular weight excluding hydrogens is 364 g/mol. The molecule has 0 aliphatic carbocycles. The van der Waals surface area contributed by atoms with E-state index >= 15 is 0 Å². The van der Waals surface area contributed by atoms with Crippen LogP contribution in [0.15, 0.2) is 54.6 Å². The third kappa shape index (κ3) is 4.31. The lowest BCUT2D eigenvalue weighted by atomic mass is 9.71. The fraction of sp³-hybridized carbons (Fsp3) is 0.458. The highest BCUT2D eigenvalue weighted by atomic mass is 16.5. The smallest absolute Gasteiger partial charge is 0.257 e. The van der Waals surface area contributed by atoms with Gasteiger partial charge >= 0.3 is 0 Å². The Morgan fingerprint density at radius 3 is 2.69 bits per heavy atom. The summed E-state index contributed by atoms with van der Waals surface area (Å²) in [7, 11) is 2.10. The van der Waals surface area contributed by atoms with E-state index in [4.69, 9.17) is 4.74 Å². The molecule has 154 valence electrons.